The molecule has 0 unspecified atom stereocenters. The fourth-order valence-electron chi connectivity index (χ4n) is 2.50. The van der Waals surface area contributed by atoms with E-state index < -0.39 is 0 Å². The summed E-state index contributed by atoms with van der Waals surface area (Å²) in [5.74, 6) is 1.67. The van der Waals surface area contributed by atoms with Gasteiger partial charge in [0.1, 0.15) is 17.3 Å². The number of nitrogen functional groups attached to an aromatic ring is 1. The maximum Gasteiger partial charge on any atom is 0.230 e. The molecule has 3 rings (SSSR count). The predicted molar refractivity (Wildman–Crippen MR) is 80.3 cm³/mol. The number of amidine groups is 1. The van der Waals surface area contributed by atoms with Crippen molar-refractivity contribution in [2.75, 3.05) is 7.11 Å². The summed E-state index contributed by atoms with van der Waals surface area (Å²) in [4.78, 5) is 4.54. The molecule has 0 atom stereocenters. The summed E-state index contributed by atoms with van der Waals surface area (Å²) in [6, 6.07) is 9.21. The minimum atomic E-state index is -0.0323. The van der Waals surface area contributed by atoms with Gasteiger partial charge in [-0.15, -0.1) is 0 Å². The van der Waals surface area contributed by atoms with E-state index in [0.717, 1.165) is 30.5 Å². The molecule has 0 spiro atoms. The highest BCUT2D eigenvalue weighted by Crippen LogP contribution is 2.30. The Morgan fingerprint density at radius 2 is 2.05 bits per heavy atom. The fraction of sp³-hybridized carbons (Fsp3) is 0.250. The second-order valence-electron chi connectivity index (χ2n) is 5.00. The molecule has 5 heteroatoms. The van der Waals surface area contributed by atoms with Crippen LogP contribution in [0.25, 0.3) is 0 Å². The first-order chi connectivity index (χ1) is 10.2. The molecule has 1 aliphatic rings. The topological polar surface area (TPSA) is 81.2 Å². The Hall–Kier alpha value is -2.56. The maximum absolute atomic E-state index is 7.72. The van der Waals surface area contributed by atoms with Crippen molar-refractivity contribution in [2.24, 2.45) is 5.73 Å². The summed E-state index contributed by atoms with van der Waals surface area (Å²) in [6.07, 6.45) is 3.02. The van der Waals surface area contributed by atoms with E-state index in [2.05, 4.69) is 4.98 Å². The number of rotatable bonds is 4. The first kappa shape index (κ1) is 13.4. The first-order valence-electron chi connectivity index (χ1n) is 6.86. The van der Waals surface area contributed by atoms with Gasteiger partial charge in [-0.1, -0.05) is 6.07 Å². The third-order valence-electron chi connectivity index (χ3n) is 3.56. The zero-order valence-electron chi connectivity index (χ0n) is 11.8. The van der Waals surface area contributed by atoms with E-state index in [4.69, 9.17) is 20.6 Å². The van der Waals surface area contributed by atoms with Gasteiger partial charge in [0, 0.05) is 11.8 Å². The number of ether oxygens (including phenoxy) is 2. The molecule has 0 amide bonds. The second kappa shape index (κ2) is 5.44. The molecule has 21 heavy (non-hydrogen) atoms. The zero-order valence-corrected chi connectivity index (χ0v) is 11.8. The normalized spacial score (nSPS) is 12.8. The standard InChI is InChI=1S/C16H17N3O2/c1-20-11-5-3-6-12(9-11)21-16-13(15(17)18)8-10-4-2-7-14(10)19-16/h3,5-6,8-9H,2,4,7H2,1H3,(H3,17,18). The lowest BCUT2D eigenvalue weighted by atomic mass is 10.1. The van der Waals surface area contributed by atoms with Gasteiger partial charge in [0.05, 0.1) is 12.7 Å². The summed E-state index contributed by atoms with van der Waals surface area (Å²) in [5, 5.41) is 7.72. The Labute approximate surface area is 123 Å². The highest BCUT2D eigenvalue weighted by molar-refractivity contribution is 5.97. The predicted octanol–water partition coefficient (Wildman–Crippen LogP) is 2.66. The second-order valence-corrected chi connectivity index (χ2v) is 5.00. The number of pyridine rings is 1. The molecule has 0 bridgehead atoms. The monoisotopic (exact) mass is 283 g/mol. The number of nitrogens with two attached hydrogens (primary N) is 1. The van der Waals surface area contributed by atoms with Crippen LogP contribution in [0.15, 0.2) is 30.3 Å². The summed E-state index contributed by atoms with van der Waals surface area (Å²) in [7, 11) is 1.60. The number of methoxy groups -OCH3 is 1. The van der Waals surface area contributed by atoms with Gasteiger partial charge >= 0.3 is 0 Å². The number of fused-ring (bicyclic) bond motifs is 1. The molecule has 1 heterocycles. The van der Waals surface area contributed by atoms with E-state index in [1.165, 1.54) is 0 Å². The molecule has 108 valence electrons. The lowest BCUT2D eigenvalue weighted by molar-refractivity contribution is 0.407. The van der Waals surface area contributed by atoms with Gasteiger partial charge in [-0.05, 0) is 43.0 Å². The number of aromatic nitrogens is 1. The third-order valence-corrected chi connectivity index (χ3v) is 3.56. The molecule has 1 aliphatic carbocycles. The van der Waals surface area contributed by atoms with Crippen LogP contribution in [-0.4, -0.2) is 17.9 Å². The van der Waals surface area contributed by atoms with Crippen molar-refractivity contribution in [3.05, 3.63) is 47.2 Å². The summed E-state index contributed by atoms with van der Waals surface area (Å²) in [6.45, 7) is 0. The van der Waals surface area contributed by atoms with Crippen molar-refractivity contribution in [3.63, 3.8) is 0 Å². The van der Waals surface area contributed by atoms with E-state index in [9.17, 15) is 0 Å². The van der Waals surface area contributed by atoms with Gasteiger partial charge in [-0.3, -0.25) is 5.41 Å². The van der Waals surface area contributed by atoms with Gasteiger partial charge < -0.3 is 15.2 Å². The minimum absolute atomic E-state index is 0.0323. The fourth-order valence-corrected chi connectivity index (χ4v) is 2.50. The molecule has 0 aliphatic heterocycles. The zero-order chi connectivity index (χ0) is 14.8. The highest BCUT2D eigenvalue weighted by atomic mass is 16.5. The largest absolute Gasteiger partial charge is 0.497 e. The smallest absolute Gasteiger partial charge is 0.230 e. The van der Waals surface area contributed by atoms with Crippen LogP contribution in [0.1, 0.15) is 23.2 Å². The van der Waals surface area contributed by atoms with Crippen molar-refractivity contribution in [2.45, 2.75) is 19.3 Å². The summed E-state index contributed by atoms with van der Waals surface area (Å²) >= 11 is 0. The quantitative estimate of drug-likeness (QED) is 0.667. The van der Waals surface area contributed by atoms with Crippen molar-refractivity contribution in [1.82, 2.24) is 4.98 Å². The van der Waals surface area contributed by atoms with Gasteiger partial charge in [-0.25, -0.2) is 4.98 Å². The van der Waals surface area contributed by atoms with Crippen molar-refractivity contribution >= 4 is 5.84 Å². The minimum Gasteiger partial charge on any atom is -0.497 e. The van der Waals surface area contributed by atoms with E-state index in [0.29, 0.717) is 22.9 Å². The van der Waals surface area contributed by atoms with E-state index in [1.807, 2.05) is 24.3 Å². The average Bonchev–Trinajstić information content (AvgIpc) is 2.93. The van der Waals surface area contributed by atoms with Crippen LogP contribution in [0.5, 0.6) is 17.4 Å². The molecule has 0 saturated carbocycles. The number of nitrogens with zero attached hydrogens (tertiary/aromatic N) is 1. The molecule has 0 saturated heterocycles. The van der Waals surface area contributed by atoms with Crippen molar-refractivity contribution in [1.29, 1.82) is 5.41 Å². The Morgan fingerprint density at radius 3 is 2.81 bits per heavy atom. The lowest BCUT2D eigenvalue weighted by Crippen LogP contribution is -2.14. The molecule has 0 radical (unpaired) electrons. The van der Waals surface area contributed by atoms with Crippen LogP contribution in [0.2, 0.25) is 0 Å². The van der Waals surface area contributed by atoms with Gasteiger partial charge in [-0.2, -0.15) is 0 Å². The Bertz CT molecular complexity index is 698. The number of nitrogens with one attached hydrogen (secondary N) is 1. The highest BCUT2D eigenvalue weighted by Gasteiger charge is 2.19. The molecular weight excluding hydrogens is 266 g/mol. The number of hydrogen-bond acceptors (Lipinski definition) is 4. The van der Waals surface area contributed by atoms with Gasteiger partial charge in [0.2, 0.25) is 5.88 Å². The van der Waals surface area contributed by atoms with Crippen LogP contribution >= 0.6 is 0 Å². The Balaban J connectivity index is 1.99. The van der Waals surface area contributed by atoms with Crippen molar-refractivity contribution < 1.29 is 9.47 Å². The third kappa shape index (κ3) is 2.67. The summed E-state index contributed by atoms with van der Waals surface area (Å²) < 4.78 is 11.0. The van der Waals surface area contributed by atoms with E-state index in [-0.39, 0.29) is 5.84 Å². The SMILES string of the molecule is COc1cccc(Oc2nc3c(cc2C(=N)N)CCC3)c1. The summed E-state index contributed by atoms with van der Waals surface area (Å²) in [5.41, 5.74) is 8.40. The van der Waals surface area contributed by atoms with Crippen LogP contribution in [-0.2, 0) is 12.8 Å². The van der Waals surface area contributed by atoms with Gasteiger partial charge in [0.15, 0.2) is 0 Å². The average molecular weight is 283 g/mol. The van der Waals surface area contributed by atoms with Crippen LogP contribution in [0.4, 0.5) is 0 Å². The molecule has 2 aromatic rings. The number of hydrogen-bond donors (Lipinski definition) is 2. The van der Waals surface area contributed by atoms with E-state index >= 15 is 0 Å². The lowest BCUT2D eigenvalue weighted by Gasteiger charge is -2.12. The Morgan fingerprint density at radius 1 is 1.24 bits per heavy atom. The van der Waals surface area contributed by atoms with Gasteiger partial charge in [0.25, 0.3) is 0 Å². The first-order valence-corrected chi connectivity index (χ1v) is 6.86. The van der Waals surface area contributed by atoms with E-state index in [1.54, 1.807) is 13.2 Å². The van der Waals surface area contributed by atoms with Crippen molar-refractivity contribution in [3.8, 4) is 17.4 Å². The molecule has 1 aromatic carbocycles. The van der Waals surface area contributed by atoms with Crippen LogP contribution in [0.3, 0.4) is 0 Å². The number of benzene rings is 1. The number of aryl methyl sites for hydroxylation is 2. The molecule has 5 nitrogen and oxygen atoms in total. The molecule has 0 fully saturated rings. The molecular formula is C16H17N3O2. The Kier molecular flexibility index (Phi) is 3.48. The van der Waals surface area contributed by atoms with Crippen LogP contribution < -0.4 is 15.2 Å². The van der Waals surface area contributed by atoms with Crippen LogP contribution in [0, 0.1) is 5.41 Å². The molecule has 3 N–H and O–H groups in total. The molecule has 1 aromatic heterocycles. The maximum atomic E-state index is 7.72.